The summed E-state index contributed by atoms with van der Waals surface area (Å²) in [6.45, 7) is 5.07. The second-order valence-electron chi connectivity index (χ2n) is 4.71. The molecule has 0 radical (unpaired) electrons. The van der Waals surface area contributed by atoms with E-state index in [9.17, 15) is 26.2 Å². The van der Waals surface area contributed by atoms with Crippen LogP contribution in [0.15, 0.2) is 3.77 Å². The van der Waals surface area contributed by atoms with Crippen LogP contribution in [-0.4, -0.2) is 41.3 Å². The summed E-state index contributed by atoms with van der Waals surface area (Å²) in [5.74, 6) is -5.33. The van der Waals surface area contributed by atoms with Crippen molar-refractivity contribution in [1.82, 2.24) is 0 Å². The van der Waals surface area contributed by atoms with Gasteiger partial charge < -0.3 is 4.74 Å². The number of hydrogen-bond acceptors (Lipinski definition) is 5. The van der Waals surface area contributed by atoms with Crippen molar-refractivity contribution in [1.29, 1.82) is 0 Å². The highest BCUT2D eigenvalue weighted by atomic mass is 32.3. The maximum absolute atomic E-state index is 12.0. The summed E-state index contributed by atoms with van der Waals surface area (Å²) in [6, 6.07) is 0. The number of carbonyl (C=O) groups is 1. The third kappa shape index (κ3) is 7.67. The van der Waals surface area contributed by atoms with E-state index >= 15 is 0 Å². The maximum Gasteiger partial charge on any atom is 0.357 e. The Morgan fingerprint density at radius 1 is 1.24 bits per heavy atom. The number of rotatable bonds is 8. The summed E-state index contributed by atoms with van der Waals surface area (Å²) in [6.07, 6.45) is -0.172. The summed E-state index contributed by atoms with van der Waals surface area (Å²) in [5, 5.41) is 0. The average molecular weight is 351 g/mol. The fraction of sp³-hybridized carbons (Fsp3) is 0.900. The Kier molecular flexibility index (Phi) is 7.68. The van der Waals surface area contributed by atoms with E-state index in [2.05, 4.69) is 3.77 Å². The minimum atomic E-state index is -5.28. The molecule has 0 spiro atoms. The van der Waals surface area contributed by atoms with Gasteiger partial charge in [0, 0.05) is 0 Å². The van der Waals surface area contributed by atoms with Gasteiger partial charge in [0.1, 0.15) is 0 Å². The van der Waals surface area contributed by atoms with Crippen LogP contribution >= 0.6 is 0 Å². The Balaban J connectivity index is 4.46. The molecule has 0 aromatic rings. The third-order valence-corrected chi connectivity index (χ3v) is 5.65. The van der Waals surface area contributed by atoms with Crippen LogP contribution in [0.2, 0.25) is 0 Å². The topological polar surface area (TPSA) is 110 Å². The van der Waals surface area contributed by atoms with E-state index in [1.54, 1.807) is 6.92 Å². The van der Waals surface area contributed by atoms with E-state index in [-0.39, 0.29) is 24.9 Å². The molecule has 1 N–H and O–H groups in total. The lowest BCUT2D eigenvalue weighted by Crippen LogP contribution is -2.21. The number of halogens is 2. The van der Waals surface area contributed by atoms with Crippen LogP contribution in [-0.2, 0) is 29.6 Å². The lowest BCUT2D eigenvalue weighted by Gasteiger charge is -2.14. The molecule has 2 atom stereocenters. The summed E-state index contributed by atoms with van der Waals surface area (Å²) >= 11 is 0. The first-order valence-corrected chi connectivity index (χ1v) is 9.20. The number of esters is 1. The predicted molar refractivity (Wildman–Crippen MR) is 72.6 cm³/mol. The van der Waals surface area contributed by atoms with Crippen LogP contribution in [0.1, 0.15) is 27.2 Å². The van der Waals surface area contributed by atoms with E-state index in [4.69, 9.17) is 9.29 Å². The van der Waals surface area contributed by atoms with Crippen LogP contribution in [0.3, 0.4) is 0 Å². The average Bonchev–Trinajstić information content (AvgIpc) is 2.31. The molecule has 0 bridgehead atoms. The van der Waals surface area contributed by atoms with Gasteiger partial charge >= 0.3 is 21.8 Å². The molecule has 0 aliphatic carbocycles. The van der Waals surface area contributed by atoms with Gasteiger partial charge in [-0.2, -0.15) is 17.2 Å². The zero-order chi connectivity index (χ0) is 16.8. The molecule has 0 heterocycles. The van der Waals surface area contributed by atoms with Crippen LogP contribution < -0.4 is 0 Å². The van der Waals surface area contributed by atoms with Crippen molar-refractivity contribution < 1.29 is 35.5 Å². The minimum absolute atomic E-state index is 0.0609. The van der Waals surface area contributed by atoms with Crippen molar-refractivity contribution in [3.63, 3.8) is 0 Å². The molecule has 11 heteroatoms. The van der Waals surface area contributed by atoms with Gasteiger partial charge in [-0.1, -0.05) is 24.5 Å². The summed E-state index contributed by atoms with van der Waals surface area (Å²) in [5.41, 5.74) is 0. The molecule has 0 aromatic carbocycles. The van der Waals surface area contributed by atoms with E-state index in [0.29, 0.717) is 0 Å². The van der Waals surface area contributed by atoms with Gasteiger partial charge in [-0.3, -0.25) is 9.35 Å². The molecule has 0 fully saturated rings. The van der Waals surface area contributed by atoms with Gasteiger partial charge in [-0.15, -0.1) is 0 Å². The van der Waals surface area contributed by atoms with E-state index < -0.39 is 37.5 Å². The Labute approximate surface area is 123 Å². The molecule has 126 valence electrons. The molecule has 2 unspecified atom stereocenters. The van der Waals surface area contributed by atoms with Crippen LogP contribution in [0.4, 0.5) is 8.78 Å². The molecule has 0 rings (SSSR count). The van der Waals surface area contributed by atoms with Gasteiger partial charge in [0.15, 0.2) is 10.0 Å². The lowest BCUT2D eigenvalue weighted by atomic mass is 9.99. The van der Waals surface area contributed by atoms with Crippen molar-refractivity contribution in [2.24, 2.45) is 15.6 Å². The number of sulfonamides is 1. The third-order valence-electron chi connectivity index (χ3n) is 2.62. The van der Waals surface area contributed by atoms with Crippen LogP contribution in [0.25, 0.3) is 0 Å². The standard InChI is InChI=1S/C10H19F2NO6S2/c1-7(2)8(3)9(14)19-5-4-6-20(15,16)13-21(17,18)10(11)12/h7-8,10H,4-6H2,1-3H3,(H,13,15,16). The van der Waals surface area contributed by atoms with Crippen molar-refractivity contribution in [3.05, 3.63) is 0 Å². The smallest absolute Gasteiger partial charge is 0.357 e. The summed E-state index contributed by atoms with van der Waals surface area (Å²) in [7, 11) is -9.58. The summed E-state index contributed by atoms with van der Waals surface area (Å²) in [4.78, 5) is 11.5. The number of alkyl halides is 2. The van der Waals surface area contributed by atoms with E-state index in [1.165, 1.54) is 0 Å². The Morgan fingerprint density at radius 3 is 2.19 bits per heavy atom. The van der Waals surface area contributed by atoms with Crippen LogP contribution in [0, 0.1) is 11.8 Å². The fourth-order valence-electron chi connectivity index (χ4n) is 1.06. The zero-order valence-corrected chi connectivity index (χ0v) is 13.5. The molecule has 7 nitrogen and oxygen atoms in total. The second-order valence-corrected chi connectivity index (χ2v) is 8.32. The lowest BCUT2D eigenvalue weighted by molar-refractivity contribution is -0.149. The second kappa shape index (κ2) is 7.99. The molecule has 0 aliphatic rings. The van der Waals surface area contributed by atoms with Crippen LogP contribution in [0.5, 0.6) is 0 Å². The number of ether oxygens (including phenoxy) is 1. The normalized spacial score (nSPS) is 16.6. The van der Waals surface area contributed by atoms with E-state index in [1.807, 2.05) is 13.8 Å². The molecule has 0 aliphatic heterocycles. The van der Waals surface area contributed by atoms with Gasteiger partial charge in [0.05, 0.1) is 18.3 Å². The zero-order valence-electron chi connectivity index (χ0n) is 11.9. The Bertz CT molecular complexity index is 566. The molecular formula is C10H19F2NO6S2. The monoisotopic (exact) mass is 351 g/mol. The first-order valence-electron chi connectivity index (χ1n) is 6.06. The van der Waals surface area contributed by atoms with Gasteiger partial charge in [0.25, 0.3) is 0 Å². The fourth-order valence-corrected chi connectivity index (χ4v) is 3.41. The predicted octanol–water partition coefficient (Wildman–Crippen LogP) is 1.71. The molecular weight excluding hydrogens is 332 g/mol. The van der Waals surface area contributed by atoms with Gasteiger partial charge in [0.2, 0.25) is 0 Å². The quantitative estimate of drug-likeness (QED) is 0.526. The summed E-state index contributed by atoms with van der Waals surface area (Å²) < 4.78 is 73.1. The largest absolute Gasteiger partial charge is 0.465 e. The maximum atomic E-state index is 12.0. The number of carbonyl (C=O) groups excluding carboxylic acids is 1. The van der Waals surface area contributed by atoms with Crippen molar-refractivity contribution in [2.75, 3.05) is 12.4 Å². The van der Waals surface area contributed by atoms with Crippen molar-refractivity contribution in [2.45, 2.75) is 32.9 Å². The highest BCUT2D eigenvalue weighted by molar-refractivity contribution is 8.00. The molecule has 0 saturated heterocycles. The molecule has 0 amide bonds. The molecule has 0 aromatic heterocycles. The minimum Gasteiger partial charge on any atom is -0.465 e. The Hall–Kier alpha value is -0.810. The van der Waals surface area contributed by atoms with Crippen molar-refractivity contribution >= 4 is 26.0 Å². The van der Waals surface area contributed by atoms with E-state index in [0.717, 1.165) is 0 Å². The SMILES string of the molecule is CC(C)C(C)C(=O)OCCCS(=O)(O)=NS(=O)(=O)C(F)F. The first-order chi connectivity index (χ1) is 9.39. The first kappa shape index (κ1) is 20.2. The Morgan fingerprint density at radius 2 is 1.76 bits per heavy atom. The molecule has 21 heavy (non-hydrogen) atoms. The number of nitrogens with zero attached hydrogens (tertiary/aromatic N) is 1. The van der Waals surface area contributed by atoms with Gasteiger partial charge in [-0.05, 0) is 12.3 Å². The van der Waals surface area contributed by atoms with Gasteiger partial charge in [-0.25, -0.2) is 4.21 Å². The highest BCUT2D eigenvalue weighted by Crippen LogP contribution is 2.12. The highest BCUT2D eigenvalue weighted by Gasteiger charge is 2.26. The number of hydrogen-bond donors (Lipinski definition) is 1. The van der Waals surface area contributed by atoms with Crippen molar-refractivity contribution in [3.8, 4) is 0 Å². The molecule has 0 saturated carbocycles.